The summed E-state index contributed by atoms with van der Waals surface area (Å²) < 4.78 is 60.1. The third-order valence-corrected chi connectivity index (χ3v) is 18.6. The van der Waals surface area contributed by atoms with Crippen molar-refractivity contribution in [3.63, 3.8) is 0 Å². The number of fused-ring (bicyclic) bond motifs is 3. The Bertz CT molecular complexity index is 2020. The van der Waals surface area contributed by atoms with Crippen LogP contribution in [-0.2, 0) is 52.2 Å². The Balaban J connectivity index is 0.953. The fraction of sp³-hybridized carbons (Fsp3) is 0.939. The van der Waals surface area contributed by atoms with Crippen LogP contribution >= 0.6 is 0 Å². The molecule has 31 unspecified atom stereocenters. The van der Waals surface area contributed by atoms with Gasteiger partial charge in [0.05, 0.1) is 44.1 Å². The first-order valence-corrected chi connectivity index (χ1v) is 26.5. The van der Waals surface area contributed by atoms with Crippen LogP contribution in [0.2, 0.25) is 0 Å². The molecule has 0 aromatic heterocycles. The van der Waals surface area contributed by atoms with E-state index in [1.54, 1.807) is 6.92 Å². The lowest BCUT2D eigenvalue weighted by atomic mass is 9.46. The Morgan fingerprint density at radius 1 is 0.494 bits per heavy atom. The minimum absolute atomic E-state index is 0.0173. The van der Waals surface area contributed by atoms with Gasteiger partial charge in [-0.05, 0) is 87.0 Å². The molecular formula is C49H78O28. The molecule has 0 amide bonds. The first-order chi connectivity index (χ1) is 36.5. The molecule has 5 aliphatic heterocycles. The van der Waals surface area contributed by atoms with Gasteiger partial charge in [0.2, 0.25) is 6.29 Å². The SMILES string of the molecule is C=C1CC23CCC4C(CCCC4(C)C(=O)OC4OC(CO)C(O)C(O)C4OC4OC(CO)C(O)C(O)C4O)C2CCC1(OC1OC(CO)C(O)C(OC2OC(CO)C(O)C(O)C2O)C1OC1OC(CO)C(O)C(O)C1O)C3. The van der Waals surface area contributed by atoms with Crippen molar-refractivity contribution in [1.29, 1.82) is 0 Å². The summed E-state index contributed by atoms with van der Waals surface area (Å²) in [4.78, 5) is 14.8. The van der Waals surface area contributed by atoms with Gasteiger partial charge < -0.3 is 134 Å². The lowest BCUT2D eigenvalue weighted by molar-refractivity contribution is -0.399. The summed E-state index contributed by atoms with van der Waals surface area (Å²) in [6, 6.07) is 0. The monoisotopic (exact) mass is 1110 g/mol. The second-order valence-corrected chi connectivity index (χ2v) is 22.9. The lowest BCUT2D eigenvalue weighted by Gasteiger charge is -2.59. The third kappa shape index (κ3) is 10.6. The minimum atomic E-state index is -1.99. The molecule has 17 N–H and O–H groups in total. The number of hydrogen-bond acceptors (Lipinski definition) is 28. The molecule has 4 aliphatic carbocycles. The molecule has 28 heteroatoms. The van der Waals surface area contributed by atoms with Gasteiger partial charge in [0.15, 0.2) is 31.3 Å². The molecular weight excluding hydrogens is 1040 g/mol. The molecule has 4 saturated carbocycles. The number of rotatable bonds is 15. The van der Waals surface area contributed by atoms with Gasteiger partial charge in [0, 0.05) is 0 Å². The van der Waals surface area contributed by atoms with Crippen molar-refractivity contribution in [2.24, 2.45) is 28.6 Å². The van der Waals surface area contributed by atoms with E-state index in [2.05, 4.69) is 6.58 Å². The van der Waals surface area contributed by atoms with E-state index in [-0.39, 0.29) is 17.8 Å². The van der Waals surface area contributed by atoms with Gasteiger partial charge in [-0.15, -0.1) is 0 Å². The van der Waals surface area contributed by atoms with Crippen molar-refractivity contribution in [2.75, 3.05) is 33.0 Å². The Hall–Kier alpha value is -1.83. The maximum atomic E-state index is 14.8. The Kier molecular flexibility index (Phi) is 18.2. The smallest absolute Gasteiger partial charge is 0.314 e. The molecule has 1 spiro atoms. The van der Waals surface area contributed by atoms with E-state index in [1.165, 1.54) is 0 Å². The molecule has 0 aromatic rings. The van der Waals surface area contributed by atoms with Crippen LogP contribution < -0.4 is 0 Å². The highest BCUT2D eigenvalue weighted by Gasteiger charge is 2.67. The Morgan fingerprint density at radius 3 is 1.43 bits per heavy atom. The lowest BCUT2D eigenvalue weighted by Crippen LogP contribution is -2.68. The molecule has 9 fully saturated rings. The van der Waals surface area contributed by atoms with Crippen LogP contribution in [0.3, 0.4) is 0 Å². The van der Waals surface area contributed by atoms with Crippen LogP contribution in [0.25, 0.3) is 0 Å². The first kappa shape index (κ1) is 59.8. The number of carbonyl (C=O) groups is 1. The quantitative estimate of drug-likeness (QED) is 0.0411. The van der Waals surface area contributed by atoms with Crippen LogP contribution in [0.5, 0.6) is 0 Å². The van der Waals surface area contributed by atoms with Crippen LogP contribution in [0.4, 0.5) is 0 Å². The maximum absolute atomic E-state index is 14.8. The normalized spacial score (nSPS) is 54.1. The zero-order valence-electron chi connectivity index (χ0n) is 42.4. The average molecular weight is 1120 g/mol. The minimum Gasteiger partial charge on any atom is -0.432 e. The van der Waals surface area contributed by atoms with E-state index in [0.29, 0.717) is 56.9 Å². The van der Waals surface area contributed by atoms with Crippen molar-refractivity contribution >= 4 is 5.97 Å². The maximum Gasteiger partial charge on any atom is 0.314 e. The van der Waals surface area contributed by atoms with Crippen molar-refractivity contribution in [2.45, 2.75) is 224 Å². The van der Waals surface area contributed by atoms with E-state index >= 15 is 0 Å². The fourth-order valence-electron chi connectivity index (χ4n) is 14.3. The number of carbonyl (C=O) groups excluding carboxylic acids is 1. The summed E-state index contributed by atoms with van der Waals surface area (Å²) in [6.45, 7) is 2.17. The summed E-state index contributed by atoms with van der Waals surface area (Å²) in [5, 5.41) is 180. The third-order valence-electron chi connectivity index (χ3n) is 18.6. The van der Waals surface area contributed by atoms with Gasteiger partial charge in [-0.2, -0.15) is 0 Å². The van der Waals surface area contributed by atoms with E-state index in [1.807, 2.05) is 0 Å². The van der Waals surface area contributed by atoms with Gasteiger partial charge in [-0.25, -0.2) is 0 Å². The van der Waals surface area contributed by atoms with Crippen LogP contribution in [0.15, 0.2) is 12.2 Å². The van der Waals surface area contributed by atoms with Gasteiger partial charge in [-0.1, -0.05) is 13.0 Å². The number of aliphatic hydroxyl groups excluding tert-OH is 17. The van der Waals surface area contributed by atoms with E-state index < -0.39 is 209 Å². The van der Waals surface area contributed by atoms with Crippen molar-refractivity contribution < 1.29 is 139 Å². The second kappa shape index (κ2) is 23.4. The number of aliphatic hydroxyl groups is 17. The molecule has 28 nitrogen and oxygen atoms in total. The highest BCUT2D eigenvalue weighted by Crippen LogP contribution is 2.70. The van der Waals surface area contributed by atoms with Crippen LogP contribution in [0, 0.1) is 28.6 Å². The average Bonchev–Trinajstić information content (AvgIpc) is 3.76. The highest BCUT2D eigenvalue weighted by molar-refractivity contribution is 5.77. The number of esters is 1. The summed E-state index contributed by atoms with van der Waals surface area (Å²) in [5.41, 5.74) is -2.17. The molecule has 0 aromatic carbocycles. The zero-order chi connectivity index (χ0) is 55.8. The number of hydrogen-bond donors (Lipinski definition) is 17. The summed E-state index contributed by atoms with van der Waals surface area (Å²) in [6.07, 6.45) is -39.6. The number of ether oxygens (including phenoxy) is 10. The fourth-order valence-corrected chi connectivity index (χ4v) is 14.3. The van der Waals surface area contributed by atoms with E-state index in [9.17, 15) is 91.6 Å². The molecule has 9 rings (SSSR count). The molecule has 442 valence electrons. The van der Waals surface area contributed by atoms with Gasteiger partial charge in [0.1, 0.15) is 116 Å². The largest absolute Gasteiger partial charge is 0.432 e. The van der Waals surface area contributed by atoms with E-state index in [0.717, 1.165) is 6.42 Å². The molecule has 5 heterocycles. The Labute approximate surface area is 441 Å². The van der Waals surface area contributed by atoms with Crippen molar-refractivity contribution in [1.82, 2.24) is 0 Å². The summed E-state index contributed by atoms with van der Waals surface area (Å²) in [5.74, 6) is -1.09. The van der Waals surface area contributed by atoms with Crippen LogP contribution in [0.1, 0.15) is 64.7 Å². The van der Waals surface area contributed by atoms with E-state index in [4.69, 9.17) is 47.4 Å². The molecule has 5 saturated heterocycles. The molecule has 9 aliphatic rings. The van der Waals surface area contributed by atoms with Crippen molar-refractivity contribution in [3.8, 4) is 0 Å². The molecule has 77 heavy (non-hydrogen) atoms. The summed E-state index contributed by atoms with van der Waals surface area (Å²) >= 11 is 0. The first-order valence-electron chi connectivity index (χ1n) is 26.5. The summed E-state index contributed by atoms with van der Waals surface area (Å²) in [7, 11) is 0. The van der Waals surface area contributed by atoms with Gasteiger partial charge in [0.25, 0.3) is 0 Å². The highest BCUT2D eigenvalue weighted by atomic mass is 16.8. The van der Waals surface area contributed by atoms with Gasteiger partial charge in [-0.3, -0.25) is 4.79 Å². The second-order valence-electron chi connectivity index (χ2n) is 22.9. The Morgan fingerprint density at radius 2 is 0.922 bits per heavy atom. The predicted octanol–water partition coefficient (Wildman–Crippen LogP) is -7.68. The van der Waals surface area contributed by atoms with Crippen LogP contribution in [-0.4, -0.2) is 285 Å². The predicted molar refractivity (Wildman–Crippen MR) is 247 cm³/mol. The van der Waals surface area contributed by atoms with Crippen molar-refractivity contribution in [3.05, 3.63) is 12.2 Å². The standard InChI is InChI=1S/C49H78O28/c1-17-10-48-8-5-19-18(4-3-7-47(19,2)46(67)76-44-39(34(63)29(58)24(14-53)71-44)74-42-36(65)32(61)27(56)22(12-51)69-42)20(48)6-9-49(17,16-48)77-45-40(75-43-37(66)33(62)28(57)23(13-52)70-43)38(30(59)25(15-54)72-45)73-41-35(64)31(60)26(55)21(11-50)68-41/h18-45,50-66H,1,3-16H2,2H3. The molecule has 0 radical (unpaired) electrons. The molecule has 2 bridgehead atoms. The topological polar surface area (TPSA) is 453 Å². The molecule has 31 atom stereocenters. The van der Waals surface area contributed by atoms with Gasteiger partial charge >= 0.3 is 5.97 Å². The zero-order valence-corrected chi connectivity index (χ0v) is 42.4.